The van der Waals surface area contributed by atoms with Crippen LogP contribution in [-0.4, -0.2) is 35.8 Å². The minimum absolute atomic E-state index is 0.0967. The zero-order chi connectivity index (χ0) is 22.0. The van der Waals surface area contributed by atoms with Gasteiger partial charge in [0.2, 0.25) is 5.91 Å². The Morgan fingerprint density at radius 2 is 1.90 bits per heavy atom. The first-order valence-corrected chi connectivity index (χ1v) is 10.2. The van der Waals surface area contributed by atoms with Gasteiger partial charge in [-0.2, -0.15) is 5.26 Å². The summed E-state index contributed by atoms with van der Waals surface area (Å²) in [5, 5.41) is 23.9. The SMILES string of the molecule is COc1ccc(N=C2NC(=O)[C@@H](C(=O)c3ccccc3)[C@@H]3CCC[C@H](O)[C@@]23C#N)cc1. The van der Waals surface area contributed by atoms with Crippen molar-refractivity contribution in [2.45, 2.75) is 25.4 Å². The Bertz CT molecular complexity index is 1060. The maximum absolute atomic E-state index is 13.3. The predicted octanol–water partition coefficient (Wildman–Crippen LogP) is 3.03. The van der Waals surface area contributed by atoms with E-state index in [0.29, 0.717) is 36.3 Å². The van der Waals surface area contributed by atoms with Crippen molar-refractivity contribution in [3.8, 4) is 11.8 Å². The Morgan fingerprint density at radius 3 is 2.55 bits per heavy atom. The number of nitrogens with one attached hydrogen (secondary N) is 1. The molecule has 2 aromatic carbocycles. The van der Waals surface area contributed by atoms with Crippen LogP contribution in [0, 0.1) is 28.6 Å². The lowest BCUT2D eigenvalue weighted by molar-refractivity contribution is -0.128. The van der Waals surface area contributed by atoms with E-state index in [0.717, 1.165) is 0 Å². The van der Waals surface area contributed by atoms with Crippen molar-refractivity contribution >= 4 is 23.2 Å². The third kappa shape index (κ3) is 3.49. The highest BCUT2D eigenvalue weighted by Crippen LogP contribution is 2.49. The molecule has 1 saturated carbocycles. The second-order valence-electron chi connectivity index (χ2n) is 7.89. The minimum Gasteiger partial charge on any atom is -0.497 e. The van der Waals surface area contributed by atoms with E-state index in [9.17, 15) is 20.0 Å². The number of carbonyl (C=O) groups excluding carboxylic acids is 2. The molecule has 1 saturated heterocycles. The van der Waals surface area contributed by atoms with Gasteiger partial charge in [0.15, 0.2) is 5.78 Å². The number of Topliss-reactive ketones (excluding diaryl/α,β-unsaturated/α-hetero) is 1. The lowest BCUT2D eigenvalue weighted by atomic mass is 9.57. The Kier molecular flexibility index (Phi) is 5.57. The number of fused-ring (bicyclic) bond motifs is 1. The number of hydrogen-bond donors (Lipinski definition) is 2. The van der Waals surface area contributed by atoms with Gasteiger partial charge in [-0.05, 0) is 37.1 Å². The van der Waals surface area contributed by atoms with Gasteiger partial charge in [-0.3, -0.25) is 9.59 Å². The highest BCUT2D eigenvalue weighted by atomic mass is 16.5. The molecule has 1 aliphatic heterocycles. The van der Waals surface area contributed by atoms with Crippen LogP contribution in [0.2, 0.25) is 0 Å². The first kappa shape index (κ1) is 20.8. The summed E-state index contributed by atoms with van der Waals surface area (Å²) in [5.41, 5.74) is -0.554. The fourth-order valence-corrected chi connectivity index (χ4v) is 4.68. The second-order valence-corrected chi connectivity index (χ2v) is 7.89. The predicted molar refractivity (Wildman–Crippen MR) is 114 cm³/mol. The molecule has 2 aromatic rings. The smallest absolute Gasteiger partial charge is 0.236 e. The molecule has 0 unspecified atom stereocenters. The number of nitriles is 1. The first-order chi connectivity index (χ1) is 15.0. The van der Waals surface area contributed by atoms with Gasteiger partial charge in [-0.15, -0.1) is 0 Å². The maximum atomic E-state index is 13.3. The molecular weight excluding hydrogens is 394 g/mol. The van der Waals surface area contributed by atoms with Gasteiger partial charge in [0.25, 0.3) is 0 Å². The summed E-state index contributed by atoms with van der Waals surface area (Å²) < 4.78 is 5.15. The number of rotatable bonds is 4. The molecule has 0 bridgehead atoms. The number of piperidine rings is 1. The largest absolute Gasteiger partial charge is 0.497 e. The summed E-state index contributed by atoms with van der Waals surface area (Å²) in [5.74, 6) is -1.83. The number of amides is 1. The number of benzene rings is 2. The zero-order valence-electron chi connectivity index (χ0n) is 17.1. The summed E-state index contributed by atoms with van der Waals surface area (Å²) in [6.45, 7) is 0. The molecule has 4 atom stereocenters. The molecule has 158 valence electrons. The van der Waals surface area contributed by atoms with Crippen LogP contribution in [-0.2, 0) is 4.79 Å². The van der Waals surface area contributed by atoms with E-state index >= 15 is 0 Å². The summed E-state index contributed by atoms with van der Waals surface area (Å²) >= 11 is 0. The van der Waals surface area contributed by atoms with E-state index < -0.39 is 29.3 Å². The lowest BCUT2D eigenvalue weighted by Crippen LogP contribution is -2.65. The zero-order valence-corrected chi connectivity index (χ0v) is 17.1. The summed E-state index contributed by atoms with van der Waals surface area (Å²) in [6.07, 6.45) is 0.452. The van der Waals surface area contributed by atoms with Crippen molar-refractivity contribution in [1.29, 1.82) is 5.26 Å². The van der Waals surface area contributed by atoms with E-state index in [1.165, 1.54) is 0 Å². The second kappa shape index (κ2) is 8.32. The molecule has 1 amide bonds. The minimum atomic E-state index is -1.47. The molecule has 0 aromatic heterocycles. The third-order valence-electron chi connectivity index (χ3n) is 6.26. The standard InChI is InChI=1S/C24H23N3O4/c1-31-17-12-10-16(11-13-17)26-23-24(14-25)18(8-5-9-19(24)28)20(22(30)27-23)21(29)15-6-3-2-4-7-15/h2-4,6-7,10-13,18-20,28H,5,8-9H2,1H3,(H,26,27,30)/t18-,19-,20+,24-/m0/s1. The quantitative estimate of drug-likeness (QED) is 0.587. The lowest BCUT2D eigenvalue weighted by Gasteiger charge is -2.48. The van der Waals surface area contributed by atoms with Gasteiger partial charge in [0.1, 0.15) is 22.9 Å². The molecule has 2 aliphatic rings. The number of nitrogens with zero attached hydrogens (tertiary/aromatic N) is 2. The van der Waals surface area contributed by atoms with E-state index in [2.05, 4.69) is 16.4 Å². The number of aliphatic imine (C=N–C) groups is 1. The fourth-order valence-electron chi connectivity index (χ4n) is 4.68. The molecular formula is C24H23N3O4. The van der Waals surface area contributed by atoms with Crippen LogP contribution >= 0.6 is 0 Å². The van der Waals surface area contributed by atoms with Gasteiger partial charge in [0.05, 0.1) is 25.0 Å². The first-order valence-electron chi connectivity index (χ1n) is 10.2. The number of carbonyl (C=O) groups is 2. The maximum Gasteiger partial charge on any atom is 0.236 e. The molecule has 2 fully saturated rings. The summed E-state index contributed by atoms with van der Waals surface area (Å²) in [4.78, 5) is 30.9. The molecule has 0 spiro atoms. The van der Waals surface area contributed by atoms with Crippen LogP contribution in [0.25, 0.3) is 0 Å². The average Bonchev–Trinajstić information content (AvgIpc) is 2.80. The van der Waals surface area contributed by atoms with Crippen molar-refractivity contribution in [1.82, 2.24) is 5.32 Å². The van der Waals surface area contributed by atoms with Gasteiger partial charge in [-0.1, -0.05) is 36.8 Å². The number of amidine groups is 1. The van der Waals surface area contributed by atoms with Crippen LogP contribution < -0.4 is 10.1 Å². The average molecular weight is 417 g/mol. The number of methoxy groups -OCH3 is 1. The van der Waals surface area contributed by atoms with E-state index in [-0.39, 0.29) is 11.6 Å². The van der Waals surface area contributed by atoms with E-state index in [1.54, 1.807) is 61.7 Å². The molecule has 31 heavy (non-hydrogen) atoms. The molecule has 0 radical (unpaired) electrons. The van der Waals surface area contributed by atoms with E-state index in [4.69, 9.17) is 4.74 Å². The Balaban J connectivity index is 1.79. The number of ketones is 1. The van der Waals surface area contributed by atoms with Gasteiger partial charge in [-0.25, -0.2) is 4.99 Å². The molecule has 7 nitrogen and oxygen atoms in total. The highest BCUT2D eigenvalue weighted by Gasteiger charge is 2.61. The van der Waals surface area contributed by atoms with Crippen LogP contribution in [0.15, 0.2) is 59.6 Å². The molecule has 1 heterocycles. The van der Waals surface area contributed by atoms with Crippen LogP contribution in [0.5, 0.6) is 5.75 Å². The molecule has 2 N–H and O–H groups in total. The van der Waals surface area contributed by atoms with E-state index in [1.807, 2.05) is 0 Å². The number of ether oxygens (including phenoxy) is 1. The topological polar surface area (TPSA) is 112 Å². The number of aliphatic hydroxyl groups excluding tert-OH is 1. The fraction of sp³-hybridized carbons (Fsp3) is 0.333. The normalized spacial score (nSPS) is 28.9. The molecule has 4 rings (SSSR count). The molecule has 1 aliphatic carbocycles. The van der Waals surface area contributed by atoms with Crippen molar-refractivity contribution in [2.75, 3.05) is 7.11 Å². The Labute approximate surface area is 180 Å². The van der Waals surface area contributed by atoms with Crippen LogP contribution in [0.3, 0.4) is 0 Å². The van der Waals surface area contributed by atoms with Gasteiger partial charge < -0.3 is 15.2 Å². The van der Waals surface area contributed by atoms with Gasteiger partial charge >= 0.3 is 0 Å². The number of hydrogen-bond acceptors (Lipinski definition) is 6. The highest BCUT2D eigenvalue weighted by molar-refractivity contribution is 6.18. The van der Waals surface area contributed by atoms with Crippen molar-refractivity contribution in [2.24, 2.45) is 22.2 Å². The number of aliphatic hydroxyl groups is 1. The van der Waals surface area contributed by atoms with Crippen LogP contribution in [0.1, 0.15) is 29.6 Å². The van der Waals surface area contributed by atoms with Crippen molar-refractivity contribution < 1.29 is 19.4 Å². The third-order valence-corrected chi connectivity index (χ3v) is 6.26. The van der Waals surface area contributed by atoms with Crippen molar-refractivity contribution in [3.63, 3.8) is 0 Å². The van der Waals surface area contributed by atoms with Crippen molar-refractivity contribution in [3.05, 3.63) is 60.2 Å². The van der Waals surface area contributed by atoms with Crippen LogP contribution in [0.4, 0.5) is 5.69 Å². The Morgan fingerprint density at radius 1 is 1.19 bits per heavy atom. The summed E-state index contributed by atoms with van der Waals surface area (Å²) in [6, 6.07) is 17.7. The Hall–Kier alpha value is -3.50. The monoisotopic (exact) mass is 417 g/mol. The summed E-state index contributed by atoms with van der Waals surface area (Å²) in [7, 11) is 1.56. The van der Waals surface area contributed by atoms with Gasteiger partial charge in [0, 0.05) is 11.5 Å². The molecule has 7 heteroatoms.